The summed E-state index contributed by atoms with van der Waals surface area (Å²) >= 11 is 0. The first kappa shape index (κ1) is 22.6. The first-order valence-electron chi connectivity index (χ1n) is 11.7. The van der Waals surface area contributed by atoms with E-state index >= 15 is 0 Å². The van der Waals surface area contributed by atoms with Gasteiger partial charge in [0.25, 0.3) is 5.56 Å². The zero-order valence-electron chi connectivity index (χ0n) is 18.8. The molecule has 0 aliphatic heterocycles. The topological polar surface area (TPSA) is 72.4 Å². The summed E-state index contributed by atoms with van der Waals surface area (Å²) in [5.74, 6) is 0.875. The fourth-order valence-electron chi connectivity index (χ4n) is 4.08. The van der Waals surface area contributed by atoms with E-state index in [9.17, 15) is 9.59 Å². The van der Waals surface area contributed by atoms with Crippen LogP contribution in [0.4, 0.5) is 4.79 Å². The van der Waals surface area contributed by atoms with E-state index in [0.29, 0.717) is 25.7 Å². The molecular weight excluding hydrogens is 414 g/mol. The van der Waals surface area contributed by atoms with Crippen LogP contribution in [-0.2, 0) is 19.6 Å². The fourth-order valence-corrected chi connectivity index (χ4v) is 4.08. The number of hydrogen-bond donors (Lipinski definition) is 2. The van der Waals surface area contributed by atoms with E-state index in [-0.39, 0.29) is 11.6 Å². The van der Waals surface area contributed by atoms with Gasteiger partial charge >= 0.3 is 6.03 Å². The normalized spacial score (nSPS) is 13.9. The van der Waals surface area contributed by atoms with Gasteiger partial charge in [0.2, 0.25) is 0 Å². The lowest BCUT2D eigenvalue weighted by Gasteiger charge is -2.23. The molecule has 0 unspecified atom stereocenters. The van der Waals surface area contributed by atoms with Crippen molar-refractivity contribution in [3.63, 3.8) is 0 Å². The van der Waals surface area contributed by atoms with Crippen LogP contribution in [0.5, 0.6) is 5.75 Å². The molecule has 1 heterocycles. The average molecular weight is 446 g/mol. The highest BCUT2D eigenvalue weighted by molar-refractivity contribution is 5.73. The summed E-state index contributed by atoms with van der Waals surface area (Å²) in [6.07, 6.45) is 8.11. The first-order chi connectivity index (χ1) is 16.2. The van der Waals surface area contributed by atoms with Crippen molar-refractivity contribution in [2.24, 2.45) is 0 Å². The van der Waals surface area contributed by atoms with Crippen LogP contribution in [0.25, 0.3) is 0 Å². The van der Waals surface area contributed by atoms with Crippen molar-refractivity contribution in [1.29, 1.82) is 0 Å². The molecule has 1 aromatic heterocycles. The number of ether oxygens (including phenoxy) is 1. The molecule has 1 aliphatic rings. The number of nitrogens with one attached hydrogen (secondary N) is 2. The van der Waals surface area contributed by atoms with E-state index in [4.69, 9.17) is 4.74 Å². The standard InChI is InChI=1S/C27H31N3O3/c31-26-11-4-5-16-30(26)20-22-14-12-21(13-15-22)18-28-27(32)29-19-23-7-6-10-25(17-23)33-24-8-2-1-3-9-24/h4-7,10-17,24H,1-3,8-9,18-20H2,(H2,28,29,32). The molecular formula is C27H31N3O3. The number of carbonyl (C=O) groups is 1. The molecule has 4 rings (SSSR count). The lowest BCUT2D eigenvalue weighted by molar-refractivity contribution is 0.155. The van der Waals surface area contributed by atoms with Crippen molar-refractivity contribution in [1.82, 2.24) is 15.2 Å². The molecule has 1 fully saturated rings. The third-order valence-electron chi connectivity index (χ3n) is 5.93. The Hall–Kier alpha value is -3.54. The fraction of sp³-hybridized carbons (Fsp3) is 0.333. The van der Waals surface area contributed by atoms with E-state index in [0.717, 1.165) is 35.3 Å². The van der Waals surface area contributed by atoms with Gasteiger partial charge < -0.3 is 19.9 Å². The SMILES string of the molecule is O=C(NCc1ccc(Cn2ccccc2=O)cc1)NCc1cccc(OC2CCCCC2)c1. The van der Waals surface area contributed by atoms with Gasteiger partial charge in [0, 0.05) is 25.4 Å². The molecule has 1 saturated carbocycles. The molecule has 0 atom stereocenters. The van der Waals surface area contributed by atoms with Crippen LogP contribution in [-0.4, -0.2) is 16.7 Å². The van der Waals surface area contributed by atoms with Crippen molar-refractivity contribution in [3.05, 3.63) is 100.0 Å². The highest BCUT2D eigenvalue weighted by Crippen LogP contribution is 2.23. The third-order valence-corrected chi connectivity index (χ3v) is 5.93. The summed E-state index contributed by atoms with van der Waals surface area (Å²) in [5, 5.41) is 5.80. The van der Waals surface area contributed by atoms with Crippen LogP contribution in [0.2, 0.25) is 0 Å². The zero-order chi connectivity index (χ0) is 22.9. The van der Waals surface area contributed by atoms with E-state index in [2.05, 4.69) is 10.6 Å². The zero-order valence-corrected chi connectivity index (χ0v) is 18.8. The number of pyridine rings is 1. The number of hydrogen-bond acceptors (Lipinski definition) is 3. The molecule has 2 N–H and O–H groups in total. The van der Waals surface area contributed by atoms with Gasteiger partial charge in [-0.1, -0.05) is 48.9 Å². The Morgan fingerprint density at radius 1 is 0.848 bits per heavy atom. The first-order valence-corrected chi connectivity index (χ1v) is 11.7. The van der Waals surface area contributed by atoms with Crippen LogP contribution < -0.4 is 20.9 Å². The quantitative estimate of drug-likeness (QED) is 0.532. The molecule has 0 saturated heterocycles. The largest absolute Gasteiger partial charge is 0.490 e. The van der Waals surface area contributed by atoms with Gasteiger partial charge in [-0.3, -0.25) is 4.79 Å². The van der Waals surface area contributed by atoms with Crippen LogP contribution in [0.3, 0.4) is 0 Å². The minimum Gasteiger partial charge on any atom is -0.490 e. The molecule has 1 aliphatic carbocycles. The number of benzene rings is 2. The van der Waals surface area contributed by atoms with E-state index in [1.807, 2.05) is 54.6 Å². The van der Waals surface area contributed by atoms with Crippen molar-refractivity contribution in [2.45, 2.75) is 57.8 Å². The number of aromatic nitrogens is 1. The molecule has 3 aromatic rings. The maximum absolute atomic E-state index is 12.2. The molecule has 6 nitrogen and oxygen atoms in total. The maximum atomic E-state index is 12.2. The van der Waals surface area contributed by atoms with E-state index in [1.54, 1.807) is 22.9 Å². The Bertz CT molecular complexity index is 1100. The van der Waals surface area contributed by atoms with E-state index in [1.165, 1.54) is 19.3 Å². The summed E-state index contributed by atoms with van der Waals surface area (Å²) in [6, 6.07) is 20.8. The molecule has 0 spiro atoms. The summed E-state index contributed by atoms with van der Waals surface area (Å²) in [6.45, 7) is 1.40. The van der Waals surface area contributed by atoms with Crippen LogP contribution in [0, 0.1) is 0 Å². The summed E-state index contributed by atoms with van der Waals surface area (Å²) in [4.78, 5) is 24.1. The van der Waals surface area contributed by atoms with Gasteiger partial charge in [-0.15, -0.1) is 0 Å². The number of amides is 2. The van der Waals surface area contributed by atoms with Crippen LogP contribution in [0.15, 0.2) is 77.7 Å². The number of nitrogens with zero attached hydrogens (tertiary/aromatic N) is 1. The second kappa shape index (κ2) is 11.4. The highest BCUT2D eigenvalue weighted by atomic mass is 16.5. The minimum atomic E-state index is -0.214. The summed E-state index contributed by atoms with van der Waals surface area (Å²) < 4.78 is 7.78. The van der Waals surface area contributed by atoms with Crippen molar-refractivity contribution in [2.75, 3.05) is 0 Å². The van der Waals surface area contributed by atoms with Gasteiger partial charge in [-0.25, -0.2) is 4.79 Å². The van der Waals surface area contributed by atoms with Gasteiger partial charge in [0.05, 0.1) is 12.6 Å². The summed E-state index contributed by atoms with van der Waals surface area (Å²) in [7, 11) is 0. The van der Waals surface area contributed by atoms with Gasteiger partial charge in [-0.2, -0.15) is 0 Å². The highest BCUT2D eigenvalue weighted by Gasteiger charge is 2.14. The Morgan fingerprint density at radius 2 is 1.58 bits per heavy atom. The number of rotatable bonds is 8. The Labute approximate surface area is 194 Å². The molecule has 0 bridgehead atoms. The number of carbonyl (C=O) groups excluding carboxylic acids is 1. The third kappa shape index (κ3) is 6.97. The monoisotopic (exact) mass is 445 g/mol. The van der Waals surface area contributed by atoms with E-state index < -0.39 is 0 Å². The van der Waals surface area contributed by atoms with Gasteiger partial charge in [-0.05, 0) is 60.6 Å². The Morgan fingerprint density at radius 3 is 2.33 bits per heavy atom. The lowest BCUT2D eigenvalue weighted by Crippen LogP contribution is -2.34. The molecule has 33 heavy (non-hydrogen) atoms. The van der Waals surface area contributed by atoms with Gasteiger partial charge in [0.1, 0.15) is 5.75 Å². The molecule has 2 aromatic carbocycles. The minimum absolute atomic E-state index is 0.0222. The van der Waals surface area contributed by atoms with Crippen molar-refractivity contribution < 1.29 is 9.53 Å². The van der Waals surface area contributed by atoms with Crippen molar-refractivity contribution in [3.8, 4) is 5.75 Å². The van der Waals surface area contributed by atoms with Crippen molar-refractivity contribution >= 4 is 6.03 Å². The second-order valence-electron chi connectivity index (χ2n) is 8.54. The molecule has 6 heteroatoms. The number of urea groups is 1. The van der Waals surface area contributed by atoms with Crippen LogP contribution >= 0.6 is 0 Å². The second-order valence-corrected chi connectivity index (χ2v) is 8.54. The average Bonchev–Trinajstić information content (AvgIpc) is 2.85. The maximum Gasteiger partial charge on any atom is 0.315 e. The Balaban J connectivity index is 1.21. The molecule has 0 radical (unpaired) electrons. The molecule has 2 amide bonds. The van der Waals surface area contributed by atoms with Gasteiger partial charge in [0.15, 0.2) is 0 Å². The lowest BCUT2D eigenvalue weighted by atomic mass is 9.98. The summed E-state index contributed by atoms with van der Waals surface area (Å²) in [5.41, 5.74) is 3.02. The Kier molecular flexibility index (Phi) is 7.80. The van der Waals surface area contributed by atoms with Crippen LogP contribution in [0.1, 0.15) is 48.8 Å². The smallest absolute Gasteiger partial charge is 0.315 e. The predicted octanol–water partition coefficient (Wildman–Crippen LogP) is 4.61. The molecule has 172 valence electrons. The predicted molar refractivity (Wildman–Crippen MR) is 129 cm³/mol.